The molecule has 2 rings (SSSR count). The molecule has 0 bridgehead atoms. The summed E-state index contributed by atoms with van der Waals surface area (Å²) in [6, 6.07) is 5.72. The van der Waals surface area contributed by atoms with Gasteiger partial charge in [-0.1, -0.05) is 6.92 Å². The van der Waals surface area contributed by atoms with Gasteiger partial charge in [-0.2, -0.15) is 0 Å². The number of guanidine groups is 1. The van der Waals surface area contributed by atoms with Crippen molar-refractivity contribution in [1.82, 2.24) is 5.32 Å². The molecule has 1 aliphatic rings. The molecule has 1 aromatic rings. The number of methoxy groups -OCH3 is 1. The summed E-state index contributed by atoms with van der Waals surface area (Å²) in [5.41, 5.74) is 1.08. The van der Waals surface area contributed by atoms with E-state index >= 15 is 0 Å². The number of benzene rings is 1. The first-order chi connectivity index (χ1) is 10.6. The number of hydrogen-bond donors (Lipinski definition) is 2. The molecule has 1 fully saturated rings. The summed E-state index contributed by atoms with van der Waals surface area (Å²) in [6.07, 6.45) is 0. The molecule has 0 amide bonds. The van der Waals surface area contributed by atoms with Crippen LogP contribution in [0.3, 0.4) is 0 Å². The van der Waals surface area contributed by atoms with Gasteiger partial charge < -0.3 is 24.8 Å². The second-order valence-corrected chi connectivity index (χ2v) is 5.65. The molecule has 0 aromatic heterocycles. The molecule has 1 aliphatic heterocycles. The summed E-state index contributed by atoms with van der Waals surface area (Å²) in [5.74, 6) is 2.15. The van der Waals surface area contributed by atoms with Crippen LogP contribution in [0.25, 0.3) is 0 Å². The van der Waals surface area contributed by atoms with Crippen molar-refractivity contribution in [3.05, 3.63) is 18.2 Å². The number of aliphatic imine (C=N–C) groups is 1. The van der Waals surface area contributed by atoms with Gasteiger partial charge in [-0.25, -0.2) is 0 Å². The average Bonchev–Trinajstić information content (AvgIpc) is 2.51. The van der Waals surface area contributed by atoms with Crippen molar-refractivity contribution in [2.45, 2.75) is 13.8 Å². The van der Waals surface area contributed by atoms with Crippen molar-refractivity contribution in [3.63, 3.8) is 0 Å². The fraction of sp³-hybridized carbons (Fsp3) is 0.562. The fourth-order valence-electron chi connectivity index (χ4n) is 2.19. The van der Waals surface area contributed by atoms with Crippen molar-refractivity contribution >= 4 is 11.6 Å². The highest BCUT2D eigenvalue weighted by Crippen LogP contribution is 2.30. The minimum atomic E-state index is 0.189. The summed E-state index contributed by atoms with van der Waals surface area (Å²) in [7, 11) is 3.38. The summed E-state index contributed by atoms with van der Waals surface area (Å²) in [6.45, 7) is 7.13. The Morgan fingerprint density at radius 2 is 2.14 bits per heavy atom. The molecule has 6 nitrogen and oxygen atoms in total. The number of nitrogens with one attached hydrogen (secondary N) is 2. The standard InChI is InChI=1S/C16H25N3O3/c1-5-22-13-7-6-12(8-14(13)20-4)19-15(17-3)18-9-16(2)10-21-11-16/h6-8H,5,9-11H2,1-4H3,(H2,17,18,19). The van der Waals surface area contributed by atoms with Gasteiger partial charge in [-0.05, 0) is 19.1 Å². The molecule has 1 saturated heterocycles. The Hall–Kier alpha value is -1.95. The zero-order valence-electron chi connectivity index (χ0n) is 13.7. The van der Waals surface area contributed by atoms with Gasteiger partial charge in [0.15, 0.2) is 17.5 Å². The molecular weight excluding hydrogens is 282 g/mol. The smallest absolute Gasteiger partial charge is 0.195 e. The Kier molecular flexibility index (Phi) is 5.49. The minimum absolute atomic E-state index is 0.189. The Morgan fingerprint density at radius 1 is 1.36 bits per heavy atom. The van der Waals surface area contributed by atoms with Crippen LogP contribution in [-0.2, 0) is 4.74 Å². The number of hydrogen-bond acceptors (Lipinski definition) is 4. The van der Waals surface area contributed by atoms with Crippen LogP contribution in [0.1, 0.15) is 13.8 Å². The molecule has 2 N–H and O–H groups in total. The number of rotatable bonds is 6. The zero-order chi connectivity index (χ0) is 16.0. The summed E-state index contributed by atoms with van der Waals surface area (Å²) in [5, 5.41) is 6.58. The first kappa shape index (κ1) is 16.4. The van der Waals surface area contributed by atoms with Crippen molar-refractivity contribution in [3.8, 4) is 11.5 Å². The lowest BCUT2D eigenvalue weighted by Crippen LogP contribution is -2.49. The van der Waals surface area contributed by atoms with Crippen LogP contribution < -0.4 is 20.1 Å². The van der Waals surface area contributed by atoms with Crippen LogP contribution in [0.4, 0.5) is 5.69 Å². The lowest BCUT2D eigenvalue weighted by Gasteiger charge is -2.38. The van der Waals surface area contributed by atoms with Gasteiger partial charge >= 0.3 is 0 Å². The fourth-order valence-corrected chi connectivity index (χ4v) is 2.19. The second kappa shape index (κ2) is 7.35. The van der Waals surface area contributed by atoms with E-state index in [1.165, 1.54) is 0 Å². The zero-order valence-corrected chi connectivity index (χ0v) is 13.7. The molecular formula is C16H25N3O3. The van der Waals surface area contributed by atoms with E-state index in [-0.39, 0.29) is 5.41 Å². The van der Waals surface area contributed by atoms with Gasteiger partial charge in [-0.15, -0.1) is 0 Å². The van der Waals surface area contributed by atoms with E-state index in [9.17, 15) is 0 Å². The Labute approximate surface area is 131 Å². The minimum Gasteiger partial charge on any atom is -0.493 e. The van der Waals surface area contributed by atoms with Crippen molar-refractivity contribution in [1.29, 1.82) is 0 Å². The Morgan fingerprint density at radius 3 is 2.68 bits per heavy atom. The normalized spacial score (nSPS) is 16.6. The van der Waals surface area contributed by atoms with E-state index in [0.29, 0.717) is 12.4 Å². The molecule has 6 heteroatoms. The van der Waals surface area contributed by atoms with E-state index < -0.39 is 0 Å². The van der Waals surface area contributed by atoms with Crippen molar-refractivity contribution in [2.24, 2.45) is 10.4 Å². The maximum Gasteiger partial charge on any atom is 0.195 e. The third-order valence-corrected chi connectivity index (χ3v) is 3.53. The van der Waals surface area contributed by atoms with E-state index in [2.05, 4.69) is 22.5 Å². The third-order valence-electron chi connectivity index (χ3n) is 3.53. The molecule has 0 saturated carbocycles. The van der Waals surface area contributed by atoms with Gasteiger partial charge in [0.05, 0.1) is 26.9 Å². The van der Waals surface area contributed by atoms with Crippen molar-refractivity contribution in [2.75, 3.05) is 45.8 Å². The number of ether oxygens (including phenoxy) is 3. The third kappa shape index (κ3) is 4.04. The highest BCUT2D eigenvalue weighted by molar-refractivity contribution is 5.93. The van der Waals surface area contributed by atoms with Crippen LogP contribution in [0.15, 0.2) is 23.2 Å². The highest BCUT2D eigenvalue weighted by atomic mass is 16.5. The molecule has 0 spiro atoms. The van der Waals surface area contributed by atoms with Crippen LogP contribution >= 0.6 is 0 Å². The molecule has 1 heterocycles. The molecule has 0 atom stereocenters. The second-order valence-electron chi connectivity index (χ2n) is 5.65. The average molecular weight is 307 g/mol. The molecule has 122 valence electrons. The van der Waals surface area contributed by atoms with Crippen LogP contribution in [-0.4, -0.2) is 46.5 Å². The predicted octanol–water partition coefficient (Wildman–Crippen LogP) is 2.12. The van der Waals surface area contributed by atoms with Crippen molar-refractivity contribution < 1.29 is 14.2 Å². The topological polar surface area (TPSA) is 64.1 Å². The van der Waals surface area contributed by atoms with Gasteiger partial charge in [0.1, 0.15) is 0 Å². The van der Waals surface area contributed by atoms with Crippen LogP contribution in [0.5, 0.6) is 11.5 Å². The first-order valence-electron chi connectivity index (χ1n) is 7.46. The molecule has 0 unspecified atom stereocenters. The Balaban J connectivity index is 1.98. The maximum absolute atomic E-state index is 5.52. The Bertz CT molecular complexity index is 527. The maximum atomic E-state index is 5.52. The number of nitrogens with zero attached hydrogens (tertiary/aromatic N) is 1. The van der Waals surface area contributed by atoms with Crippen LogP contribution in [0.2, 0.25) is 0 Å². The molecule has 0 aliphatic carbocycles. The van der Waals surface area contributed by atoms with E-state index in [1.807, 2.05) is 25.1 Å². The van der Waals surface area contributed by atoms with Crippen LogP contribution in [0, 0.1) is 5.41 Å². The monoisotopic (exact) mass is 307 g/mol. The molecule has 1 aromatic carbocycles. The molecule has 0 radical (unpaired) electrons. The quantitative estimate of drug-likeness (QED) is 0.622. The van der Waals surface area contributed by atoms with E-state index in [1.54, 1.807) is 14.2 Å². The van der Waals surface area contributed by atoms with Gasteiger partial charge in [-0.3, -0.25) is 4.99 Å². The summed E-state index contributed by atoms with van der Waals surface area (Å²) in [4.78, 5) is 4.24. The lowest BCUT2D eigenvalue weighted by atomic mass is 9.89. The summed E-state index contributed by atoms with van der Waals surface area (Å²) < 4.78 is 16.1. The van der Waals surface area contributed by atoms with E-state index in [4.69, 9.17) is 14.2 Å². The molecule has 22 heavy (non-hydrogen) atoms. The SMILES string of the molecule is CCOc1ccc(NC(=NC)NCC2(C)COC2)cc1OC. The number of anilines is 1. The largest absolute Gasteiger partial charge is 0.493 e. The van der Waals surface area contributed by atoms with Gasteiger partial charge in [0.25, 0.3) is 0 Å². The first-order valence-corrected chi connectivity index (χ1v) is 7.46. The van der Waals surface area contributed by atoms with E-state index in [0.717, 1.165) is 37.2 Å². The summed E-state index contributed by atoms with van der Waals surface area (Å²) >= 11 is 0. The van der Waals surface area contributed by atoms with Gasteiger partial charge in [0.2, 0.25) is 0 Å². The predicted molar refractivity (Wildman–Crippen MR) is 88.1 cm³/mol. The highest BCUT2D eigenvalue weighted by Gasteiger charge is 2.33. The van der Waals surface area contributed by atoms with Gasteiger partial charge in [0, 0.05) is 30.8 Å². The lowest BCUT2D eigenvalue weighted by molar-refractivity contribution is -0.0970.